The molecule has 0 radical (unpaired) electrons. The van der Waals surface area contributed by atoms with Gasteiger partial charge in [0, 0.05) is 38.9 Å². The van der Waals surface area contributed by atoms with Gasteiger partial charge in [0.1, 0.15) is 11.6 Å². The molecule has 1 aliphatic heterocycles. The van der Waals surface area contributed by atoms with Crippen LogP contribution in [0.1, 0.15) is 17.5 Å². The number of aliphatic imine (C=N–C) groups is 1. The minimum atomic E-state index is -4.47. The number of alkyl halides is 3. The second-order valence-corrected chi connectivity index (χ2v) is 7.28. The summed E-state index contributed by atoms with van der Waals surface area (Å²) in [6.07, 6.45) is -2.87. The number of methoxy groups -OCH3 is 1. The van der Waals surface area contributed by atoms with E-state index in [1.54, 1.807) is 14.2 Å². The monoisotopic (exact) mass is 569 g/mol. The summed E-state index contributed by atoms with van der Waals surface area (Å²) in [6.45, 7) is 1.78. The largest absolute Gasteiger partial charge is 0.497 e. The molecule has 1 atom stereocenters. The molecule has 0 amide bonds. The number of anilines is 1. The predicted octanol–water partition coefficient (Wildman–Crippen LogP) is 4.32. The molecule has 0 saturated carbocycles. The van der Waals surface area contributed by atoms with Gasteiger partial charge in [0.15, 0.2) is 5.96 Å². The highest BCUT2D eigenvalue weighted by Gasteiger charge is 2.33. The molecule has 170 valence electrons. The van der Waals surface area contributed by atoms with Crippen molar-refractivity contribution in [3.63, 3.8) is 0 Å². The molecule has 31 heavy (non-hydrogen) atoms. The first-order valence-corrected chi connectivity index (χ1v) is 9.75. The number of hydrogen-bond donors (Lipinski definition) is 2. The quantitative estimate of drug-likeness (QED) is 0.319. The molecular formula is C20H24ClF3IN5O. The number of ether oxygens (including phenoxy) is 1. The average Bonchev–Trinajstić information content (AvgIpc) is 3.19. The Kier molecular flexibility index (Phi) is 9.04. The molecule has 1 aromatic heterocycles. The fourth-order valence-electron chi connectivity index (χ4n) is 3.21. The van der Waals surface area contributed by atoms with Gasteiger partial charge >= 0.3 is 6.18 Å². The first kappa shape index (κ1) is 25.3. The number of aromatic nitrogens is 1. The van der Waals surface area contributed by atoms with Gasteiger partial charge in [-0.05, 0) is 30.2 Å². The van der Waals surface area contributed by atoms with Crippen molar-refractivity contribution in [1.29, 1.82) is 0 Å². The van der Waals surface area contributed by atoms with E-state index in [9.17, 15) is 13.2 Å². The Bertz CT molecular complexity index is 895. The molecule has 1 aromatic carbocycles. The molecule has 2 aromatic rings. The molecule has 0 aliphatic carbocycles. The van der Waals surface area contributed by atoms with E-state index in [4.69, 9.17) is 16.3 Å². The topological polar surface area (TPSA) is 61.8 Å². The molecule has 2 N–H and O–H groups in total. The third kappa shape index (κ3) is 6.76. The van der Waals surface area contributed by atoms with Crippen molar-refractivity contribution in [1.82, 2.24) is 15.6 Å². The molecule has 2 heterocycles. The van der Waals surface area contributed by atoms with E-state index in [-0.39, 0.29) is 35.0 Å². The lowest BCUT2D eigenvalue weighted by molar-refractivity contribution is -0.137. The Labute approximate surface area is 201 Å². The van der Waals surface area contributed by atoms with Gasteiger partial charge in [-0.15, -0.1) is 24.0 Å². The van der Waals surface area contributed by atoms with Gasteiger partial charge in [-0.1, -0.05) is 23.7 Å². The summed E-state index contributed by atoms with van der Waals surface area (Å²) in [6, 6.07) is 8.70. The maximum atomic E-state index is 12.8. The molecule has 11 heteroatoms. The highest BCUT2D eigenvalue weighted by Crippen LogP contribution is 2.34. The van der Waals surface area contributed by atoms with Crippen LogP contribution in [-0.2, 0) is 12.7 Å². The van der Waals surface area contributed by atoms with Crippen LogP contribution in [0.15, 0.2) is 41.5 Å². The molecular weight excluding hydrogens is 546 g/mol. The van der Waals surface area contributed by atoms with Crippen LogP contribution in [0.25, 0.3) is 0 Å². The van der Waals surface area contributed by atoms with Gasteiger partial charge in [0.25, 0.3) is 0 Å². The van der Waals surface area contributed by atoms with Crippen molar-refractivity contribution >= 4 is 47.4 Å². The summed E-state index contributed by atoms with van der Waals surface area (Å²) in [5.74, 6) is 1.79. The van der Waals surface area contributed by atoms with Crippen molar-refractivity contribution in [2.75, 3.05) is 32.1 Å². The van der Waals surface area contributed by atoms with Crippen molar-refractivity contribution in [2.45, 2.75) is 25.2 Å². The van der Waals surface area contributed by atoms with Gasteiger partial charge in [-0.25, -0.2) is 4.98 Å². The van der Waals surface area contributed by atoms with E-state index in [1.807, 2.05) is 29.2 Å². The SMILES string of the molecule is CN=C(NCc1ccc(OC)cc1)NC1CCN(c2ncc(C(F)(F)F)cc2Cl)C1.I. The van der Waals surface area contributed by atoms with Crippen LogP contribution < -0.4 is 20.3 Å². The number of rotatable bonds is 5. The Hall–Kier alpha value is -1.95. The van der Waals surface area contributed by atoms with E-state index in [2.05, 4.69) is 20.6 Å². The molecule has 0 bridgehead atoms. The van der Waals surface area contributed by atoms with Gasteiger partial charge in [-0.3, -0.25) is 4.99 Å². The third-order valence-corrected chi connectivity index (χ3v) is 5.10. The van der Waals surface area contributed by atoms with Gasteiger partial charge < -0.3 is 20.3 Å². The third-order valence-electron chi connectivity index (χ3n) is 4.82. The molecule has 1 aliphatic rings. The summed E-state index contributed by atoms with van der Waals surface area (Å²) in [4.78, 5) is 10.1. The standard InChI is InChI=1S/C20H23ClF3N5O.HI/c1-25-19(27-10-13-3-5-16(30-2)6-4-13)28-15-7-8-29(12-15)18-17(21)9-14(11-26-18)20(22,23)24;/h3-6,9,11,15H,7-8,10,12H2,1-2H3,(H2,25,27,28);1H. The normalized spacial score (nSPS) is 16.6. The van der Waals surface area contributed by atoms with Crippen LogP contribution in [0.3, 0.4) is 0 Å². The fraction of sp³-hybridized carbons (Fsp3) is 0.400. The van der Waals surface area contributed by atoms with Crippen molar-refractivity contribution in [3.05, 3.63) is 52.7 Å². The Balaban J connectivity index is 0.00000341. The minimum Gasteiger partial charge on any atom is -0.497 e. The highest BCUT2D eigenvalue weighted by molar-refractivity contribution is 14.0. The molecule has 1 fully saturated rings. The minimum absolute atomic E-state index is 0. The zero-order valence-electron chi connectivity index (χ0n) is 17.0. The predicted molar refractivity (Wildman–Crippen MR) is 127 cm³/mol. The van der Waals surface area contributed by atoms with E-state index in [1.165, 1.54) is 0 Å². The van der Waals surface area contributed by atoms with Crippen LogP contribution in [0, 0.1) is 0 Å². The molecule has 6 nitrogen and oxygen atoms in total. The van der Waals surface area contributed by atoms with Crippen LogP contribution in [0.4, 0.5) is 19.0 Å². The van der Waals surface area contributed by atoms with Crippen LogP contribution in [0.2, 0.25) is 5.02 Å². The lowest BCUT2D eigenvalue weighted by Gasteiger charge is -2.21. The first-order chi connectivity index (χ1) is 14.3. The number of nitrogens with zero attached hydrogens (tertiary/aromatic N) is 3. The highest BCUT2D eigenvalue weighted by atomic mass is 127. The summed E-state index contributed by atoms with van der Waals surface area (Å²) in [5.41, 5.74) is 0.223. The van der Waals surface area contributed by atoms with E-state index < -0.39 is 11.7 Å². The van der Waals surface area contributed by atoms with E-state index in [0.717, 1.165) is 30.0 Å². The van der Waals surface area contributed by atoms with Crippen LogP contribution in [0.5, 0.6) is 5.75 Å². The summed E-state index contributed by atoms with van der Waals surface area (Å²) >= 11 is 6.07. The van der Waals surface area contributed by atoms with Crippen molar-refractivity contribution in [3.8, 4) is 5.75 Å². The lowest BCUT2D eigenvalue weighted by atomic mass is 10.2. The second kappa shape index (κ2) is 11.1. The molecule has 1 unspecified atom stereocenters. The van der Waals surface area contributed by atoms with Crippen LogP contribution in [-0.4, -0.2) is 44.2 Å². The van der Waals surface area contributed by atoms with E-state index >= 15 is 0 Å². The Morgan fingerprint density at radius 2 is 2.03 bits per heavy atom. The Morgan fingerprint density at radius 3 is 2.61 bits per heavy atom. The van der Waals surface area contributed by atoms with Gasteiger partial charge in [-0.2, -0.15) is 13.2 Å². The van der Waals surface area contributed by atoms with Crippen molar-refractivity contribution < 1.29 is 17.9 Å². The number of pyridine rings is 1. The van der Waals surface area contributed by atoms with Gasteiger partial charge in [0.2, 0.25) is 0 Å². The number of nitrogens with one attached hydrogen (secondary N) is 2. The Morgan fingerprint density at radius 1 is 1.32 bits per heavy atom. The number of hydrogen-bond acceptors (Lipinski definition) is 4. The zero-order valence-corrected chi connectivity index (χ0v) is 20.1. The maximum absolute atomic E-state index is 12.8. The fourth-order valence-corrected chi connectivity index (χ4v) is 3.49. The van der Waals surface area contributed by atoms with Gasteiger partial charge in [0.05, 0.1) is 17.7 Å². The average molecular weight is 570 g/mol. The van der Waals surface area contributed by atoms with Crippen molar-refractivity contribution in [2.24, 2.45) is 4.99 Å². The van der Waals surface area contributed by atoms with Crippen LogP contribution >= 0.6 is 35.6 Å². The smallest absolute Gasteiger partial charge is 0.417 e. The number of benzene rings is 1. The number of halogens is 5. The summed E-state index contributed by atoms with van der Waals surface area (Å²) < 4.78 is 43.6. The lowest BCUT2D eigenvalue weighted by Crippen LogP contribution is -2.44. The molecule has 3 rings (SSSR count). The summed E-state index contributed by atoms with van der Waals surface area (Å²) in [5, 5.41) is 6.58. The second-order valence-electron chi connectivity index (χ2n) is 6.88. The van der Waals surface area contributed by atoms with E-state index in [0.29, 0.717) is 31.4 Å². The maximum Gasteiger partial charge on any atom is 0.417 e. The summed E-state index contributed by atoms with van der Waals surface area (Å²) in [7, 11) is 3.31. The first-order valence-electron chi connectivity index (χ1n) is 9.38. The number of guanidine groups is 1. The molecule has 1 saturated heterocycles. The molecule has 0 spiro atoms. The zero-order chi connectivity index (χ0) is 21.7.